The lowest BCUT2D eigenvalue weighted by molar-refractivity contribution is -0.384. The van der Waals surface area contributed by atoms with Crippen LogP contribution in [0.5, 0.6) is 0 Å². The van der Waals surface area contributed by atoms with Gasteiger partial charge >= 0.3 is 0 Å². The number of carbonyl (C=O) groups excluding carboxylic acids is 1. The van der Waals surface area contributed by atoms with Gasteiger partial charge in [0.25, 0.3) is 5.69 Å². The first-order valence-corrected chi connectivity index (χ1v) is 9.70. The van der Waals surface area contributed by atoms with Gasteiger partial charge in [-0.15, -0.1) is 0 Å². The molecular weight excluding hydrogens is 354 g/mol. The van der Waals surface area contributed by atoms with Crippen molar-refractivity contribution in [3.8, 4) is 0 Å². The lowest BCUT2D eigenvalue weighted by atomic mass is 10.0. The van der Waals surface area contributed by atoms with Crippen molar-refractivity contribution in [2.75, 3.05) is 31.1 Å². The summed E-state index contributed by atoms with van der Waals surface area (Å²) in [4.78, 5) is 27.0. The molecule has 6 nitrogen and oxygen atoms in total. The van der Waals surface area contributed by atoms with E-state index in [-0.39, 0.29) is 11.5 Å². The monoisotopic (exact) mass is 381 g/mol. The van der Waals surface area contributed by atoms with E-state index >= 15 is 0 Å². The first-order valence-electron chi connectivity index (χ1n) is 9.70. The number of benzene rings is 2. The zero-order valence-corrected chi connectivity index (χ0v) is 16.7. The van der Waals surface area contributed by atoms with Crippen LogP contribution >= 0.6 is 0 Å². The van der Waals surface area contributed by atoms with E-state index in [0.717, 1.165) is 32.7 Å². The van der Waals surface area contributed by atoms with Crippen LogP contribution in [0.1, 0.15) is 48.2 Å². The van der Waals surface area contributed by atoms with Crippen LogP contribution in [0, 0.1) is 10.1 Å². The summed E-state index contributed by atoms with van der Waals surface area (Å²) in [6, 6.07) is 13.5. The van der Waals surface area contributed by atoms with Crippen molar-refractivity contribution in [1.82, 2.24) is 4.90 Å². The molecule has 1 aliphatic rings. The van der Waals surface area contributed by atoms with Crippen LogP contribution in [0.4, 0.5) is 11.4 Å². The topological polar surface area (TPSA) is 66.7 Å². The van der Waals surface area contributed by atoms with Gasteiger partial charge in [-0.3, -0.25) is 19.8 Å². The summed E-state index contributed by atoms with van der Waals surface area (Å²) in [7, 11) is 0. The molecule has 0 spiro atoms. The molecule has 0 radical (unpaired) electrons. The van der Waals surface area contributed by atoms with E-state index in [0.29, 0.717) is 17.2 Å². The number of nitro groups is 1. The molecule has 0 aliphatic carbocycles. The predicted octanol–water partition coefficient (Wildman–Crippen LogP) is 4.24. The summed E-state index contributed by atoms with van der Waals surface area (Å²) >= 11 is 0. The number of ketones is 1. The smallest absolute Gasteiger partial charge is 0.293 e. The minimum Gasteiger partial charge on any atom is -0.363 e. The maximum atomic E-state index is 11.5. The average molecular weight is 381 g/mol. The average Bonchev–Trinajstić information content (AvgIpc) is 2.68. The third-order valence-electron chi connectivity index (χ3n) is 5.34. The molecule has 0 bridgehead atoms. The molecule has 2 aromatic carbocycles. The van der Waals surface area contributed by atoms with Crippen LogP contribution in [0.15, 0.2) is 42.5 Å². The summed E-state index contributed by atoms with van der Waals surface area (Å²) in [5.41, 5.74) is 3.60. The van der Waals surface area contributed by atoms with E-state index < -0.39 is 4.92 Å². The van der Waals surface area contributed by atoms with Gasteiger partial charge in [-0.05, 0) is 36.1 Å². The molecule has 0 saturated carbocycles. The van der Waals surface area contributed by atoms with Crippen molar-refractivity contribution in [3.63, 3.8) is 0 Å². The fourth-order valence-corrected chi connectivity index (χ4v) is 3.57. The van der Waals surface area contributed by atoms with Crippen LogP contribution < -0.4 is 4.90 Å². The van der Waals surface area contributed by atoms with Crippen LogP contribution in [0.25, 0.3) is 0 Å². The Morgan fingerprint density at radius 3 is 2.25 bits per heavy atom. The van der Waals surface area contributed by atoms with Crippen LogP contribution in [-0.4, -0.2) is 41.8 Å². The third-order valence-corrected chi connectivity index (χ3v) is 5.34. The molecule has 0 amide bonds. The number of hydrogen-bond donors (Lipinski definition) is 0. The molecule has 1 heterocycles. The van der Waals surface area contributed by atoms with E-state index in [1.807, 2.05) is 4.90 Å². The summed E-state index contributed by atoms with van der Waals surface area (Å²) in [5.74, 6) is 0.366. The van der Waals surface area contributed by atoms with Gasteiger partial charge in [-0.2, -0.15) is 0 Å². The minimum atomic E-state index is -0.398. The number of anilines is 1. The molecule has 148 valence electrons. The number of rotatable bonds is 6. The third kappa shape index (κ3) is 4.57. The largest absolute Gasteiger partial charge is 0.363 e. The lowest BCUT2D eigenvalue weighted by Crippen LogP contribution is -2.46. The van der Waals surface area contributed by atoms with E-state index in [1.54, 1.807) is 12.1 Å². The Balaban J connectivity index is 1.65. The van der Waals surface area contributed by atoms with Crippen LogP contribution in [-0.2, 0) is 6.54 Å². The predicted molar refractivity (Wildman–Crippen MR) is 111 cm³/mol. The van der Waals surface area contributed by atoms with Crippen LogP contribution in [0.3, 0.4) is 0 Å². The molecule has 2 aromatic rings. The molecule has 1 saturated heterocycles. The first-order chi connectivity index (χ1) is 13.3. The Kier molecular flexibility index (Phi) is 6.09. The summed E-state index contributed by atoms with van der Waals surface area (Å²) < 4.78 is 0. The number of nitrogens with zero attached hydrogens (tertiary/aromatic N) is 3. The summed E-state index contributed by atoms with van der Waals surface area (Å²) in [6.45, 7) is 9.83. The zero-order chi connectivity index (χ0) is 20.3. The maximum absolute atomic E-state index is 11.5. The second-order valence-corrected chi connectivity index (χ2v) is 7.68. The highest BCUT2D eigenvalue weighted by atomic mass is 16.6. The van der Waals surface area contributed by atoms with Crippen molar-refractivity contribution < 1.29 is 9.72 Å². The molecule has 0 unspecified atom stereocenters. The Morgan fingerprint density at radius 2 is 1.71 bits per heavy atom. The number of nitro benzene ring substituents is 1. The second-order valence-electron chi connectivity index (χ2n) is 7.68. The molecular formula is C22H27N3O3. The summed E-state index contributed by atoms with van der Waals surface area (Å²) in [5, 5.41) is 11.5. The van der Waals surface area contributed by atoms with Crippen molar-refractivity contribution in [2.45, 2.75) is 33.2 Å². The zero-order valence-electron chi connectivity index (χ0n) is 16.7. The van der Waals surface area contributed by atoms with E-state index in [2.05, 4.69) is 43.0 Å². The van der Waals surface area contributed by atoms with E-state index in [4.69, 9.17) is 0 Å². The van der Waals surface area contributed by atoms with Gasteiger partial charge in [0.15, 0.2) is 5.78 Å². The number of carbonyl (C=O) groups is 1. The molecule has 6 heteroatoms. The Labute approximate surface area is 165 Å². The van der Waals surface area contributed by atoms with Crippen molar-refractivity contribution in [3.05, 3.63) is 69.3 Å². The van der Waals surface area contributed by atoms with E-state index in [1.165, 1.54) is 24.1 Å². The molecule has 1 aliphatic heterocycles. The lowest BCUT2D eigenvalue weighted by Gasteiger charge is -2.35. The first kappa shape index (κ1) is 20.0. The Bertz CT molecular complexity index is 854. The molecule has 0 N–H and O–H groups in total. The Hall–Kier alpha value is -2.73. The maximum Gasteiger partial charge on any atom is 0.293 e. The normalized spacial score (nSPS) is 15.1. The van der Waals surface area contributed by atoms with Gasteiger partial charge in [0.1, 0.15) is 5.69 Å². The van der Waals surface area contributed by atoms with Gasteiger partial charge in [-0.25, -0.2) is 0 Å². The SMILES string of the molecule is CC(=O)c1ccc(N2CCN(Cc3ccc(C(C)C)cc3)CC2)c([N+](=O)[O-])c1. The number of piperazine rings is 1. The molecule has 28 heavy (non-hydrogen) atoms. The van der Waals surface area contributed by atoms with Crippen molar-refractivity contribution >= 4 is 17.2 Å². The fourth-order valence-electron chi connectivity index (χ4n) is 3.57. The van der Waals surface area contributed by atoms with Gasteiger partial charge < -0.3 is 4.90 Å². The highest BCUT2D eigenvalue weighted by molar-refractivity contribution is 5.95. The molecule has 0 aromatic heterocycles. The number of Topliss-reactive ketones (excluding diaryl/α,β-unsaturated/α-hetero) is 1. The fraction of sp³-hybridized carbons (Fsp3) is 0.409. The second kappa shape index (κ2) is 8.52. The summed E-state index contributed by atoms with van der Waals surface area (Å²) in [6.07, 6.45) is 0. The Morgan fingerprint density at radius 1 is 1.07 bits per heavy atom. The quantitative estimate of drug-likeness (QED) is 0.425. The van der Waals surface area contributed by atoms with Gasteiger partial charge in [0.05, 0.1) is 4.92 Å². The van der Waals surface area contributed by atoms with Gasteiger partial charge in [0, 0.05) is 44.4 Å². The van der Waals surface area contributed by atoms with Crippen molar-refractivity contribution in [2.24, 2.45) is 0 Å². The van der Waals surface area contributed by atoms with E-state index in [9.17, 15) is 14.9 Å². The standard InChI is InChI=1S/C22H27N3O3/c1-16(2)19-6-4-18(5-7-19)15-23-10-12-24(13-11-23)21-9-8-20(17(3)26)14-22(21)25(27)28/h4-9,14,16H,10-13,15H2,1-3H3. The van der Waals surface area contributed by atoms with Crippen molar-refractivity contribution in [1.29, 1.82) is 0 Å². The number of hydrogen-bond acceptors (Lipinski definition) is 5. The highest BCUT2D eigenvalue weighted by Gasteiger charge is 2.24. The van der Waals surface area contributed by atoms with Crippen LogP contribution in [0.2, 0.25) is 0 Å². The molecule has 3 rings (SSSR count). The molecule has 0 atom stereocenters. The minimum absolute atomic E-state index is 0.00502. The highest BCUT2D eigenvalue weighted by Crippen LogP contribution is 2.30. The molecule has 1 fully saturated rings. The van der Waals surface area contributed by atoms with Gasteiger partial charge in [-0.1, -0.05) is 38.1 Å². The van der Waals surface area contributed by atoms with Gasteiger partial charge in [0.2, 0.25) is 0 Å².